The van der Waals surface area contributed by atoms with Crippen LogP contribution in [0.3, 0.4) is 0 Å². The summed E-state index contributed by atoms with van der Waals surface area (Å²) in [6.07, 6.45) is 3.61. The van der Waals surface area contributed by atoms with Gasteiger partial charge < -0.3 is 9.72 Å². The predicted molar refractivity (Wildman–Crippen MR) is 127 cm³/mol. The molecule has 0 radical (unpaired) electrons. The normalized spacial score (nSPS) is 11.2. The van der Waals surface area contributed by atoms with Crippen LogP contribution in [-0.2, 0) is 6.61 Å². The lowest BCUT2D eigenvalue weighted by molar-refractivity contribution is 0.305. The Labute approximate surface area is 184 Å². The molecule has 32 heavy (non-hydrogen) atoms. The van der Waals surface area contributed by atoms with Crippen LogP contribution in [0.15, 0.2) is 97.3 Å². The Morgan fingerprint density at radius 3 is 2.53 bits per heavy atom. The first-order chi connectivity index (χ1) is 15.8. The Bertz CT molecular complexity index is 1500. The minimum atomic E-state index is 0.511. The first-order valence-electron chi connectivity index (χ1n) is 10.5. The maximum absolute atomic E-state index is 5.97. The lowest BCUT2D eigenvalue weighted by atomic mass is 10.0. The van der Waals surface area contributed by atoms with Gasteiger partial charge in [-0.25, -0.2) is 0 Å². The maximum atomic E-state index is 5.97. The Morgan fingerprint density at radius 2 is 1.62 bits per heavy atom. The van der Waals surface area contributed by atoms with Gasteiger partial charge in [0.15, 0.2) is 0 Å². The van der Waals surface area contributed by atoms with E-state index < -0.39 is 0 Å². The molecule has 6 rings (SSSR count). The highest BCUT2D eigenvalue weighted by atomic mass is 16.5. The summed E-state index contributed by atoms with van der Waals surface area (Å²) >= 11 is 0. The molecular formula is C27H20N4O. The summed E-state index contributed by atoms with van der Waals surface area (Å²) < 4.78 is 5.97. The Balaban J connectivity index is 1.34. The molecule has 0 saturated carbocycles. The number of benzene rings is 3. The van der Waals surface area contributed by atoms with Gasteiger partial charge in [-0.15, -0.1) is 0 Å². The van der Waals surface area contributed by atoms with E-state index in [0.717, 1.165) is 50.2 Å². The molecule has 3 aromatic carbocycles. The molecule has 0 amide bonds. The first kappa shape index (κ1) is 18.4. The van der Waals surface area contributed by atoms with Crippen molar-refractivity contribution in [3.05, 3.63) is 103 Å². The van der Waals surface area contributed by atoms with E-state index in [-0.39, 0.29) is 0 Å². The van der Waals surface area contributed by atoms with E-state index >= 15 is 0 Å². The zero-order valence-electron chi connectivity index (χ0n) is 17.2. The highest BCUT2D eigenvalue weighted by molar-refractivity contribution is 5.97. The molecule has 0 saturated heterocycles. The maximum Gasteiger partial charge on any atom is 0.138 e. The average molecular weight is 416 g/mol. The van der Waals surface area contributed by atoms with Crippen LogP contribution >= 0.6 is 0 Å². The number of ether oxygens (including phenoxy) is 1. The summed E-state index contributed by atoms with van der Waals surface area (Å²) in [6, 6.07) is 28.8. The first-order valence-corrected chi connectivity index (χ1v) is 10.5. The monoisotopic (exact) mass is 416 g/mol. The molecule has 0 fully saturated rings. The third-order valence-electron chi connectivity index (χ3n) is 5.64. The second kappa shape index (κ2) is 7.71. The number of nitrogens with zero attached hydrogens (tertiary/aromatic N) is 2. The SMILES string of the molecule is c1ccc(COc2cncc(-c3ccc4[nH]nc(-c5cc6ccccc6[nH]5)c4c3)c2)cc1. The van der Waals surface area contributed by atoms with Crippen molar-refractivity contribution in [2.24, 2.45) is 0 Å². The number of rotatable bonds is 5. The van der Waals surface area contributed by atoms with E-state index in [4.69, 9.17) is 4.74 Å². The van der Waals surface area contributed by atoms with Gasteiger partial charge >= 0.3 is 0 Å². The van der Waals surface area contributed by atoms with Gasteiger partial charge in [0.2, 0.25) is 0 Å². The molecule has 0 atom stereocenters. The van der Waals surface area contributed by atoms with E-state index in [1.165, 1.54) is 5.39 Å². The predicted octanol–water partition coefficient (Wildman–Crippen LogP) is 6.35. The van der Waals surface area contributed by atoms with Crippen molar-refractivity contribution in [2.75, 3.05) is 0 Å². The van der Waals surface area contributed by atoms with E-state index in [2.05, 4.69) is 68.7 Å². The molecule has 2 N–H and O–H groups in total. The third kappa shape index (κ3) is 3.40. The Morgan fingerprint density at radius 1 is 0.750 bits per heavy atom. The molecule has 0 bridgehead atoms. The molecule has 154 valence electrons. The van der Waals surface area contributed by atoms with Gasteiger partial charge in [-0.1, -0.05) is 54.6 Å². The van der Waals surface area contributed by atoms with Gasteiger partial charge in [0, 0.05) is 28.0 Å². The van der Waals surface area contributed by atoms with Gasteiger partial charge in [-0.05, 0) is 41.5 Å². The lowest BCUT2D eigenvalue weighted by Crippen LogP contribution is -1.95. The zero-order valence-corrected chi connectivity index (χ0v) is 17.2. The molecule has 5 heteroatoms. The van der Waals surface area contributed by atoms with Crippen LogP contribution in [0.25, 0.3) is 44.3 Å². The lowest BCUT2D eigenvalue weighted by Gasteiger charge is -2.08. The largest absolute Gasteiger partial charge is 0.487 e. The van der Waals surface area contributed by atoms with Crippen LogP contribution in [0.2, 0.25) is 0 Å². The second-order valence-corrected chi connectivity index (χ2v) is 7.79. The van der Waals surface area contributed by atoms with Crippen molar-refractivity contribution < 1.29 is 4.74 Å². The molecule has 3 heterocycles. The van der Waals surface area contributed by atoms with Crippen molar-refractivity contribution in [2.45, 2.75) is 6.61 Å². The summed E-state index contributed by atoms with van der Waals surface area (Å²) in [5, 5.41) is 9.96. The standard InChI is InChI=1S/C27H20N4O/c1-2-6-18(7-3-1)17-32-22-12-21(15-28-16-22)19-10-11-25-23(13-19)27(31-30-25)26-14-20-8-4-5-9-24(20)29-26/h1-16,29H,17H2,(H,30,31). The van der Waals surface area contributed by atoms with Crippen molar-refractivity contribution in [1.29, 1.82) is 0 Å². The summed E-state index contributed by atoms with van der Waals surface area (Å²) in [5.41, 5.74) is 7.18. The number of aromatic nitrogens is 4. The van der Waals surface area contributed by atoms with E-state index in [1.54, 1.807) is 6.20 Å². The number of aromatic amines is 2. The highest BCUT2D eigenvalue weighted by Crippen LogP contribution is 2.32. The quantitative estimate of drug-likeness (QED) is 0.344. The average Bonchev–Trinajstić information content (AvgIpc) is 3.47. The van der Waals surface area contributed by atoms with E-state index in [9.17, 15) is 0 Å². The number of H-pyrrole nitrogens is 2. The van der Waals surface area contributed by atoms with Gasteiger partial charge in [0.25, 0.3) is 0 Å². The van der Waals surface area contributed by atoms with Crippen molar-refractivity contribution in [3.8, 4) is 28.3 Å². The smallest absolute Gasteiger partial charge is 0.138 e. The minimum Gasteiger partial charge on any atom is -0.487 e. The fourth-order valence-electron chi connectivity index (χ4n) is 4.00. The van der Waals surface area contributed by atoms with Gasteiger partial charge in [-0.3, -0.25) is 10.1 Å². The number of pyridine rings is 1. The number of nitrogens with one attached hydrogen (secondary N) is 2. The fraction of sp³-hybridized carbons (Fsp3) is 0.0370. The molecule has 0 spiro atoms. The van der Waals surface area contributed by atoms with Crippen LogP contribution in [0.5, 0.6) is 5.75 Å². The second-order valence-electron chi connectivity index (χ2n) is 7.79. The summed E-state index contributed by atoms with van der Waals surface area (Å²) in [5.74, 6) is 0.745. The van der Waals surface area contributed by atoms with Gasteiger partial charge in [-0.2, -0.15) is 5.10 Å². The number of fused-ring (bicyclic) bond motifs is 2. The molecule has 5 nitrogen and oxygen atoms in total. The van der Waals surface area contributed by atoms with E-state index in [0.29, 0.717) is 6.61 Å². The van der Waals surface area contributed by atoms with E-state index in [1.807, 2.05) is 42.6 Å². The third-order valence-corrected chi connectivity index (χ3v) is 5.64. The number of hydrogen-bond donors (Lipinski definition) is 2. The van der Waals surface area contributed by atoms with Crippen LogP contribution in [0, 0.1) is 0 Å². The number of hydrogen-bond acceptors (Lipinski definition) is 3. The molecule has 0 aliphatic carbocycles. The molecule has 0 aliphatic rings. The summed E-state index contributed by atoms with van der Waals surface area (Å²) in [7, 11) is 0. The van der Waals surface area contributed by atoms with Crippen LogP contribution in [-0.4, -0.2) is 20.2 Å². The highest BCUT2D eigenvalue weighted by Gasteiger charge is 2.12. The molecule has 0 unspecified atom stereocenters. The molecule has 6 aromatic rings. The summed E-state index contributed by atoms with van der Waals surface area (Å²) in [6.45, 7) is 0.511. The molecule has 0 aliphatic heterocycles. The van der Waals surface area contributed by atoms with Crippen LogP contribution in [0.4, 0.5) is 0 Å². The van der Waals surface area contributed by atoms with Crippen molar-refractivity contribution >= 4 is 21.8 Å². The van der Waals surface area contributed by atoms with Gasteiger partial charge in [0.05, 0.1) is 17.4 Å². The van der Waals surface area contributed by atoms with Crippen LogP contribution < -0.4 is 4.74 Å². The van der Waals surface area contributed by atoms with Crippen molar-refractivity contribution in [1.82, 2.24) is 20.2 Å². The topological polar surface area (TPSA) is 66.6 Å². The zero-order chi connectivity index (χ0) is 21.3. The van der Waals surface area contributed by atoms with Gasteiger partial charge in [0.1, 0.15) is 18.1 Å². The van der Waals surface area contributed by atoms with Crippen LogP contribution in [0.1, 0.15) is 5.56 Å². The summed E-state index contributed by atoms with van der Waals surface area (Å²) in [4.78, 5) is 7.87. The van der Waals surface area contributed by atoms with Crippen molar-refractivity contribution in [3.63, 3.8) is 0 Å². The Hall–Kier alpha value is -4.38. The molecular weight excluding hydrogens is 396 g/mol. The molecule has 3 aromatic heterocycles. The minimum absolute atomic E-state index is 0.511. The number of para-hydroxylation sites is 1. The Kier molecular flexibility index (Phi) is 4.43. The fourth-order valence-corrected chi connectivity index (χ4v) is 4.00.